The highest BCUT2D eigenvalue weighted by Crippen LogP contribution is 2.37. The van der Waals surface area contributed by atoms with E-state index in [9.17, 15) is 9.59 Å². The lowest BCUT2D eigenvalue weighted by Crippen LogP contribution is -2.40. The zero-order valence-electron chi connectivity index (χ0n) is 21.1. The summed E-state index contributed by atoms with van der Waals surface area (Å²) in [7, 11) is 5.59. The van der Waals surface area contributed by atoms with Crippen molar-refractivity contribution in [3.8, 4) is 5.75 Å². The number of nitrogens with zero attached hydrogens (tertiary/aromatic N) is 3. The molecule has 1 unspecified atom stereocenters. The number of ketones is 1. The van der Waals surface area contributed by atoms with Crippen molar-refractivity contribution in [2.45, 2.75) is 56.5 Å². The van der Waals surface area contributed by atoms with Crippen molar-refractivity contribution in [2.75, 3.05) is 31.4 Å². The molecular weight excluding hydrogens is 454 g/mol. The maximum absolute atomic E-state index is 12.8. The molecule has 36 heavy (non-hydrogen) atoms. The van der Waals surface area contributed by atoms with Crippen LogP contribution >= 0.6 is 0 Å². The normalized spacial score (nSPS) is 21.2. The molecule has 2 aromatic carbocycles. The van der Waals surface area contributed by atoms with Crippen molar-refractivity contribution in [3.63, 3.8) is 0 Å². The van der Waals surface area contributed by atoms with Gasteiger partial charge in [0.15, 0.2) is 5.78 Å². The van der Waals surface area contributed by atoms with Gasteiger partial charge in [0.2, 0.25) is 11.9 Å². The monoisotopic (exact) mass is 487 g/mol. The second-order valence-electron chi connectivity index (χ2n) is 10.0. The Morgan fingerprint density at radius 2 is 1.81 bits per heavy atom. The number of benzene rings is 2. The Kier molecular flexibility index (Phi) is 6.76. The molecule has 2 aliphatic carbocycles. The number of aromatic nitrogens is 2. The Labute approximate surface area is 211 Å². The highest BCUT2D eigenvalue weighted by atomic mass is 16.5. The molecule has 1 saturated carbocycles. The first-order valence-electron chi connectivity index (χ1n) is 12.6. The van der Waals surface area contributed by atoms with E-state index in [2.05, 4.69) is 10.6 Å². The number of amides is 1. The van der Waals surface area contributed by atoms with E-state index in [4.69, 9.17) is 14.7 Å². The summed E-state index contributed by atoms with van der Waals surface area (Å²) in [6, 6.07) is 14.0. The zero-order valence-corrected chi connectivity index (χ0v) is 21.1. The first-order chi connectivity index (χ1) is 17.4. The second kappa shape index (κ2) is 10.1. The fourth-order valence-electron chi connectivity index (χ4n) is 5.43. The largest absolute Gasteiger partial charge is 0.497 e. The van der Waals surface area contributed by atoms with Crippen molar-refractivity contribution >= 4 is 34.4 Å². The fraction of sp³-hybridized carbons (Fsp3) is 0.429. The number of nitrogens with one attached hydrogen (secondary N) is 2. The Bertz CT molecular complexity index is 1280. The van der Waals surface area contributed by atoms with Crippen LogP contribution in [0.4, 0.5) is 11.8 Å². The standard InChI is InChI=1S/C28H33N5O3/c1-33(2)27-22-6-4-5-7-24(22)31-28(32-27)30-19-10-8-18(9-11-19)29-26(35)15-17-14-25(34)21-13-12-20(36-3)16-23(17)21/h4-7,12-13,16-19H,8-11,14-15H2,1-3H3,(H,29,35)(H,30,31,32)/t17?,18-,19+. The Hall–Kier alpha value is -3.68. The maximum atomic E-state index is 12.8. The number of para-hydroxylation sites is 1. The van der Waals surface area contributed by atoms with E-state index in [1.54, 1.807) is 13.2 Å². The molecule has 1 atom stereocenters. The smallest absolute Gasteiger partial charge is 0.225 e. The highest BCUT2D eigenvalue weighted by Gasteiger charge is 2.32. The average Bonchev–Trinajstić information content (AvgIpc) is 3.18. The molecule has 0 radical (unpaired) electrons. The van der Waals surface area contributed by atoms with Gasteiger partial charge in [0.05, 0.1) is 12.6 Å². The van der Waals surface area contributed by atoms with Crippen LogP contribution in [0.25, 0.3) is 10.9 Å². The molecule has 1 fully saturated rings. The minimum atomic E-state index is -0.0865. The molecule has 1 aromatic heterocycles. The summed E-state index contributed by atoms with van der Waals surface area (Å²) in [6.07, 6.45) is 4.35. The number of anilines is 2. The minimum Gasteiger partial charge on any atom is -0.497 e. The zero-order chi connectivity index (χ0) is 25.2. The summed E-state index contributed by atoms with van der Waals surface area (Å²) in [5, 5.41) is 7.75. The molecule has 5 rings (SSSR count). The van der Waals surface area contributed by atoms with Gasteiger partial charge in [-0.05, 0) is 61.6 Å². The minimum absolute atomic E-state index is 0.00775. The van der Waals surface area contributed by atoms with Crippen molar-refractivity contribution in [3.05, 3.63) is 53.6 Å². The summed E-state index contributed by atoms with van der Waals surface area (Å²) >= 11 is 0. The van der Waals surface area contributed by atoms with Crippen molar-refractivity contribution in [2.24, 2.45) is 0 Å². The number of fused-ring (bicyclic) bond motifs is 2. The van der Waals surface area contributed by atoms with E-state index in [1.165, 1.54) is 0 Å². The average molecular weight is 488 g/mol. The Morgan fingerprint density at radius 3 is 2.56 bits per heavy atom. The number of Topliss-reactive ketones (excluding diaryl/α,β-unsaturated/α-hetero) is 1. The molecule has 0 bridgehead atoms. The SMILES string of the molecule is COc1ccc2c(c1)C(CC(=O)N[C@H]1CC[C@@H](Nc3nc(N(C)C)c4ccccc4n3)CC1)CC2=O. The van der Waals surface area contributed by atoms with Gasteiger partial charge in [-0.1, -0.05) is 12.1 Å². The first kappa shape index (κ1) is 24.0. The number of rotatable bonds is 7. The Balaban J connectivity index is 1.16. The highest BCUT2D eigenvalue weighted by molar-refractivity contribution is 6.02. The van der Waals surface area contributed by atoms with Gasteiger partial charge in [0, 0.05) is 55.9 Å². The van der Waals surface area contributed by atoms with E-state index in [0.29, 0.717) is 30.1 Å². The second-order valence-corrected chi connectivity index (χ2v) is 10.0. The number of methoxy groups -OCH3 is 1. The fourth-order valence-corrected chi connectivity index (χ4v) is 5.43. The van der Waals surface area contributed by atoms with Gasteiger partial charge in [0.1, 0.15) is 11.6 Å². The van der Waals surface area contributed by atoms with Gasteiger partial charge in [-0.2, -0.15) is 4.98 Å². The maximum Gasteiger partial charge on any atom is 0.225 e. The molecule has 188 valence electrons. The van der Waals surface area contributed by atoms with Gasteiger partial charge in [0.25, 0.3) is 0 Å². The number of ether oxygens (including phenoxy) is 1. The lowest BCUT2D eigenvalue weighted by molar-refractivity contribution is -0.122. The third-order valence-corrected chi connectivity index (χ3v) is 7.29. The van der Waals surface area contributed by atoms with Crippen LogP contribution in [0.15, 0.2) is 42.5 Å². The molecule has 3 aromatic rings. The predicted molar refractivity (Wildman–Crippen MR) is 141 cm³/mol. The topological polar surface area (TPSA) is 96.4 Å². The summed E-state index contributed by atoms with van der Waals surface area (Å²) in [5.41, 5.74) is 2.56. The first-order valence-corrected chi connectivity index (χ1v) is 12.6. The number of carbonyl (C=O) groups is 2. The molecule has 2 N–H and O–H groups in total. The molecule has 1 amide bonds. The molecule has 0 aliphatic heterocycles. The Morgan fingerprint density at radius 1 is 1.06 bits per heavy atom. The van der Waals surface area contributed by atoms with Crippen LogP contribution in [0.1, 0.15) is 60.4 Å². The predicted octanol–water partition coefficient (Wildman–Crippen LogP) is 4.30. The number of hydrogen-bond donors (Lipinski definition) is 2. The molecule has 0 saturated heterocycles. The van der Waals surface area contributed by atoms with Crippen LogP contribution < -0.4 is 20.3 Å². The van der Waals surface area contributed by atoms with E-state index in [0.717, 1.165) is 48.0 Å². The third-order valence-electron chi connectivity index (χ3n) is 7.29. The van der Waals surface area contributed by atoms with E-state index < -0.39 is 0 Å². The molecule has 1 heterocycles. The summed E-state index contributed by atoms with van der Waals surface area (Å²) in [6.45, 7) is 0. The van der Waals surface area contributed by atoms with Crippen LogP contribution in [0.2, 0.25) is 0 Å². The lowest BCUT2D eigenvalue weighted by atomic mass is 9.90. The molecule has 0 spiro atoms. The van der Waals surface area contributed by atoms with Gasteiger partial charge in [-0.3, -0.25) is 9.59 Å². The quantitative estimate of drug-likeness (QED) is 0.513. The van der Waals surface area contributed by atoms with Crippen LogP contribution in [-0.2, 0) is 4.79 Å². The van der Waals surface area contributed by atoms with Crippen molar-refractivity contribution in [1.82, 2.24) is 15.3 Å². The van der Waals surface area contributed by atoms with Crippen molar-refractivity contribution in [1.29, 1.82) is 0 Å². The lowest BCUT2D eigenvalue weighted by Gasteiger charge is -2.30. The van der Waals surface area contributed by atoms with E-state index >= 15 is 0 Å². The van der Waals surface area contributed by atoms with Crippen LogP contribution in [0.5, 0.6) is 5.75 Å². The van der Waals surface area contributed by atoms with Crippen LogP contribution in [0.3, 0.4) is 0 Å². The third kappa shape index (κ3) is 4.98. The van der Waals surface area contributed by atoms with E-state index in [-0.39, 0.29) is 29.7 Å². The molecule has 8 heteroatoms. The van der Waals surface area contributed by atoms with Crippen LogP contribution in [0, 0.1) is 0 Å². The van der Waals surface area contributed by atoms with Gasteiger partial charge >= 0.3 is 0 Å². The van der Waals surface area contributed by atoms with Gasteiger partial charge < -0.3 is 20.3 Å². The summed E-state index contributed by atoms with van der Waals surface area (Å²) in [4.78, 5) is 36.7. The molecule has 2 aliphatic rings. The van der Waals surface area contributed by atoms with E-state index in [1.807, 2.05) is 55.4 Å². The van der Waals surface area contributed by atoms with Crippen molar-refractivity contribution < 1.29 is 14.3 Å². The number of hydrogen-bond acceptors (Lipinski definition) is 7. The molecule has 8 nitrogen and oxygen atoms in total. The van der Waals surface area contributed by atoms with Gasteiger partial charge in [-0.15, -0.1) is 0 Å². The van der Waals surface area contributed by atoms with Crippen LogP contribution in [-0.4, -0.2) is 54.9 Å². The summed E-state index contributed by atoms with van der Waals surface area (Å²) < 4.78 is 5.31. The van der Waals surface area contributed by atoms with Gasteiger partial charge in [-0.25, -0.2) is 4.98 Å². The number of carbonyl (C=O) groups excluding carboxylic acids is 2. The molecular formula is C28H33N5O3. The summed E-state index contributed by atoms with van der Waals surface area (Å²) in [5.74, 6) is 2.28.